The van der Waals surface area contributed by atoms with Gasteiger partial charge in [-0.2, -0.15) is 0 Å². The van der Waals surface area contributed by atoms with E-state index >= 15 is 0 Å². The summed E-state index contributed by atoms with van der Waals surface area (Å²) in [5, 5.41) is 0. The second-order valence-electron chi connectivity index (χ2n) is 6.82. The minimum atomic E-state index is -1.00. The van der Waals surface area contributed by atoms with Gasteiger partial charge in [-0.25, -0.2) is 13.2 Å². The Morgan fingerprint density at radius 3 is 2.40 bits per heavy atom. The molecule has 0 bridgehead atoms. The van der Waals surface area contributed by atoms with E-state index in [0.29, 0.717) is 12.7 Å². The largest absolute Gasteiger partial charge is 0.378 e. The van der Waals surface area contributed by atoms with E-state index in [1.807, 2.05) is 0 Å². The van der Waals surface area contributed by atoms with Gasteiger partial charge < -0.3 is 4.74 Å². The quantitative estimate of drug-likeness (QED) is 0.645. The Balaban J connectivity index is 1.82. The van der Waals surface area contributed by atoms with E-state index in [1.54, 1.807) is 6.07 Å². The third kappa shape index (κ3) is 3.74. The predicted octanol–water partition coefficient (Wildman–Crippen LogP) is 6.14. The maximum absolute atomic E-state index is 14.6. The lowest BCUT2D eigenvalue weighted by molar-refractivity contribution is -0.00115. The number of rotatable bonds is 4. The molecule has 0 spiro atoms. The van der Waals surface area contributed by atoms with Crippen LogP contribution >= 0.6 is 0 Å². The van der Waals surface area contributed by atoms with Gasteiger partial charge in [-0.3, -0.25) is 0 Å². The second-order valence-corrected chi connectivity index (χ2v) is 6.82. The van der Waals surface area contributed by atoms with Crippen molar-refractivity contribution in [3.05, 3.63) is 58.9 Å². The highest BCUT2D eigenvalue weighted by atomic mass is 19.2. The molecule has 0 N–H and O–H groups in total. The van der Waals surface area contributed by atoms with Crippen LogP contribution in [0.2, 0.25) is 0 Å². The Kier molecular flexibility index (Phi) is 5.48. The average Bonchev–Trinajstić information content (AvgIpc) is 2.61. The highest BCUT2D eigenvalue weighted by Crippen LogP contribution is 2.34. The molecular formula is C21H23F3O. The monoisotopic (exact) mass is 348 g/mol. The van der Waals surface area contributed by atoms with E-state index in [4.69, 9.17) is 4.74 Å². The van der Waals surface area contributed by atoms with Gasteiger partial charge in [-0.15, -0.1) is 0 Å². The maximum atomic E-state index is 14.6. The third-order valence-corrected chi connectivity index (χ3v) is 5.01. The van der Waals surface area contributed by atoms with Crippen molar-refractivity contribution in [2.45, 2.75) is 51.6 Å². The molecule has 1 aliphatic heterocycles. The molecule has 0 aliphatic carbocycles. The molecule has 3 rings (SSSR count). The number of halogens is 3. The van der Waals surface area contributed by atoms with Crippen molar-refractivity contribution in [1.29, 1.82) is 0 Å². The standard InChI is InChI=1S/C21H23F3O/c1-3-4-16-8-6-15(12-25-16)14-7-10-17(19(22)11-14)18-9-5-13(2)20(23)21(18)24/h5,7,9-11,15-16H,3-4,6,8,12H2,1-2H3. The molecule has 1 saturated heterocycles. The van der Waals surface area contributed by atoms with E-state index in [-0.39, 0.29) is 22.6 Å². The first-order valence-electron chi connectivity index (χ1n) is 8.87. The molecule has 2 aromatic carbocycles. The molecule has 4 heteroatoms. The SMILES string of the molecule is CCCC1CCC(c2ccc(-c3ccc(C)c(F)c3F)c(F)c2)CO1. The Morgan fingerprint density at radius 2 is 1.76 bits per heavy atom. The van der Waals surface area contributed by atoms with E-state index in [9.17, 15) is 13.2 Å². The first-order valence-corrected chi connectivity index (χ1v) is 8.87. The summed E-state index contributed by atoms with van der Waals surface area (Å²) in [7, 11) is 0. The summed E-state index contributed by atoms with van der Waals surface area (Å²) >= 11 is 0. The van der Waals surface area contributed by atoms with Crippen LogP contribution in [0.3, 0.4) is 0 Å². The van der Waals surface area contributed by atoms with Crippen LogP contribution < -0.4 is 0 Å². The van der Waals surface area contributed by atoms with Crippen molar-refractivity contribution in [2.24, 2.45) is 0 Å². The summed E-state index contributed by atoms with van der Waals surface area (Å²) in [5.74, 6) is -2.31. The average molecular weight is 348 g/mol. The van der Waals surface area contributed by atoms with Crippen molar-refractivity contribution in [3.63, 3.8) is 0 Å². The lowest BCUT2D eigenvalue weighted by Crippen LogP contribution is -2.24. The van der Waals surface area contributed by atoms with Gasteiger partial charge in [-0.05, 0) is 43.4 Å². The molecule has 0 amide bonds. The van der Waals surface area contributed by atoms with Crippen LogP contribution in [0.25, 0.3) is 11.1 Å². The van der Waals surface area contributed by atoms with Crippen LogP contribution in [0.15, 0.2) is 30.3 Å². The number of ether oxygens (including phenoxy) is 1. The van der Waals surface area contributed by atoms with Gasteiger partial charge in [0.2, 0.25) is 0 Å². The summed E-state index contributed by atoms with van der Waals surface area (Å²) < 4.78 is 48.3. The van der Waals surface area contributed by atoms with Gasteiger partial charge in [-0.1, -0.05) is 37.6 Å². The minimum absolute atomic E-state index is 0.0462. The molecular weight excluding hydrogens is 325 g/mol. The molecule has 0 saturated carbocycles. The zero-order valence-electron chi connectivity index (χ0n) is 14.6. The Bertz CT molecular complexity index is 749. The zero-order valence-corrected chi connectivity index (χ0v) is 14.6. The summed E-state index contributed by atoms with van der Waals surface area (Å²) in [6.45, 7) is 4.20. The van der Waals surface area contributed by atoms with Crippen LogP contribution in [0.5, 0.6) is 0 Å². The summed E-state index contributed by atoms with van der Waals surface area (Å²) in [4.78, 5) is 0. The van der Waals surface area contributed by atoms with E-state index in [1.165, 1.54) is 31.2 Å². The molecule has 1 nitrogen and oxygen atoms in total. The molecule has 1 fully saturated rings. The predicted molar refractivity (Wildman–Crippen MR) is 93.1 cm³/mol. The van der Waals surface area contributed by atoms with Gasteiger partial charge in [0.15, 0.2) is 11.6 Å². The molecule has 0 radical (unpaired) electrons. The van der Waals surface area contributed by atoms with Crippen molar-refractivity contribution in [2.75, 3.05) is 6.61 Å². The smallest absolute Gasteiger partial charge is 0.167 e. The van der Waals surface area contributed by atoms with Crippen LogP contribution in [-0.4, -0.2) is 12.7 Å². The van der Waals surface area contributed by atoms with Crippen molar-refractivity contribution >= 4 is 0 Å². The zero-order chi connectivity index (χ0) is 18.0. The lowest BCUT2D eigenvalue weighted by Gasteiger charge is -2.29. The molecule has 1 heterocycles. The number of hydrogen-bond acceptors (Lipinski definition) is 1. The van der Waals surface area contributed by atoms with Crippen LogP contribution in [0.1, 0.15) is 49.7 Å². The van der Waals surface area contributed by atoms with E-state index in [2.05, 4.69) is 6.92 Å². The third-order valence-electron chi connectivity index (χ3n) is 5.01. The van der Waals surface area contributed by atoms with Crippen molar-refractivity contribution in [1.82, 2.24) is 0 Å². The van der Waals surface area contributed by atoms with Crippen molar-refractivity contribution < 1.29 is 17.9 Å². The number of benzene rings is 2. The molecule has 0 aromatic heterocycles. The van der Waals surface area contributed by atoms with Gasteiger partial charge in [0.1, 0.15) is 5.82 Å². The molecule has 134 valence electrons. The van der Waals surface area contributed by atoms with E-state index in [0.717, 1.165) is 31.2 Å². The van der Waals surface area contributed by atoms with Crippen molar-refractivity contribution in [3.8, 4) is 11.1 Å². The fourth-order valence-electron chi connectivity index (χ4n) is 3.48. The Hall–Kier alpha value is -1.81. The molecule has 2 atom stereocenters. The fourth-order valence-corrected chi connectivity index (χ4v) is 3.48. The molecule has 2 aromatic rings. The van der Waals surface area contributed by atoms with Crippen LogP contribution in [-0.2, 0) is 4.74 Å². The summed E-state index contributed by atoms with van der Waals surface area (Å²) in [6, 6.07) is 7.65. The topological polar surface area (TPSA) is 9.23 Å². The minimum Gasteiger partial charge on any atom is -0.378 e. The van der Waals surface area contributed by atoms with E-state index < -0.39 is 17.5 Å². The van der Waals surface area contributed by atoms with Gasteiger partial charge >= 0.3 is 0 Å². The summed E-state index contributed by atoms with van der Waals surface area (Å²) in [6.07, 6.45) is 4.38. The summed E-state index contributed by atoms with van der Waals surface area (Å²) in [5.41, 5.74) is 1.10. The van der Waals surface area contributed by atoms with Crippen LogP contribution in [0, 0.1) is 24.4 Å². The molecule has 1 aliphatic rings. The van der Waals surface area contributed by atoms with Crippen LogP contribution in [0.4, 0.5) is 13.2 Å². The fraction of sp³-hybridized carbons (Fsp3) is 0.429. The molecule has 25 heavy (non-hydrogen) atoms. The number of hydrogen-bond donors (Lipinski definition) is 0. The first kappa shape index (κ1) is 18.0. The first-order chi connectivity index (χ1) is 12.0. The highest BCUT2D eigenvalue weighted by molar-refractivity contribution is 5.66. The Morgan fingerprint density at radius 1 is 1.00 bits per heavy atom. The highest BCUT2D eigenvalue weighted by Gasteiger charge is 2.24. The normalized spacial score (nSPS) is 20.7. The lowest BCUT2D eigenvalue weighted by atomic mass is 9.89. The van der Waals surface area contributed by atoms with Gasteiger partial charge in [0.05, 0.1) is 12.7 Å². The van der Waals surface area contributed by atoms with Gasteiger partial charge in [0.25, 0.3) is 0 Å². The number of aryl methyl sites for hydroxylation is 1. The Labute approximate surface area is 146 Å². The maximum Gasteiger partial charge on any atom is 0.167 e. The molecule has 2 unspecified atom stereocenters. The second kappa shape index (κ2) is 7.61. The van der Waals surface area contributed by atoms with Gasteiger partial charge in [0, 0.05) is 17.0 Å².